The van der Waals surface area contributed by atoms with E-state index in [4.69, 9.17) is 9.47 Å². The number of rotatable bonds is 12. The molecule has 0 aliphatic carbocycles. The molecule has 2 aromatic carbocycles. The Labute approximate surface area is 203 Å². The van der Waals surface area contributed by atoms with E-state index in [2.05, 4.69) is 10.6 Å². The van der Waals surface area contributed by atoms with Crippen LogP contribution in [0, 0.1) is 0 Å². The van der Waals surface area contributed by atoms with Gasteiger partial charge in [0.15, 0.2) is 0 Å². The highest BCUT2D eigenvalue weighted by atomic mass is 16.7. The second-order valence-corrected chi connectivity index (χ2v) is 7.90. The van der Waals surface area contributed by atoms with Gasteiger partial charge in [-0.25, -0.2) is 9.59 Å². The first-order valence-electron chi connectivity index (χ1n) is 11.1. The average Bonchev–Trinajstić information content (AvgIpc) is 2.84. The van der Waals surface area contributed by atoms with E-state index in [-0.39, 0.29) is 12.8 Å². The molecule has 4 N–H and O–H groups in total. The number of carbonyl (C=O) groups is 4. The van der Waals surface area contributed by atoms with Crippen molar-refractivity contribution in [1.29, 1.82) is 0 Å². The molecule has 35 heavy (non-hydrogen) atoms. The zero-order chi connectivity index (χ0) is 25.8. The fourth-order valence-electron chi connectivity index (χ4n) is 3.02. The minimum atomic E-state index is -1.34. The lowest BCUT2D eigenvalue weighted by molar-refractivity contribution is -0.171. The lowest BCUT2D eigenvalue weighted by Gasteiger charge is -2.20. The van der Waals surface area contributed by atoms with Gasteiger partial charge < -0.3 is 30.3 Å². The van der Waals surface area contributed by atoms with E-state index < -0.39 is 54.8 Å². The first kappa shape index (κ1) is 27.5. The van der Waals surface area contributed by atoms with Crippen molar-refractivity contribution in [2.75, 3.05) is 6.79 Å². The van der Waals surface area contributed by atoms with Gasteiger partial charge in [-0.3, -0.25) is 9.59 Å². The SMILES string of the molecule is CC(O)C(=O)NC(Cc1ccccc1)C(=O)OCOC(=O)C(Cc1ccccc1)NC(=O)C(C)O. The molecule has 2 rings (SSSR count). The van der Waals surface area contributed by atoms with Crippen LogP contribution in [0.25, 0.3) is 0 Å². The summed E-state index contributed by atoms with van der Waals surface area (Å²) in [6.07, 6.45) is -2.49. The Bertz CT molecular complexity index is 900. The monoisotopic (exact) mass is 486 g/mol. The summed E-state index contributed by atoms with van der Waals surface area (Å²) in [5, 5.41) is 23.8. The molecular formula is C25H30N2O8. The normalized spacial score (nSPS) is 14.1. The summed E-state index contributed by atoms with van der Waals surface area (Å²) in [7, 11) is 0. The lowest BCUT2D eigenvalue weighted by Crippen LogP contribution is -2.48. The zero-order valence-corrected chi connectivity index (χ0v) is 19.5. The Balaban J connectivity index is 2.00. The Morgan fingerprint density at radius 2 is 1.03 bits per heavy atom. The first-order chi connectivity index (χ1) is 16.7. The number of carbonyl (C=O) groups excluding carboxylic acids is 4. The molecule has 2 aromatic rings. The summed E-state index contributed by atoms with van der Waals surface area (Å²) in [6.45, 7) is 1.76. The van der Waals surface area contributed by atoms with Gasteiger partial charge in [-0.2, -0.15) is 0 Å². The van der Waals surface area contributed by atoms with Crippen molar-refractivity contribution in [3.05, 3.63) is 71.8 Å². The van der Waals surface area contributed by atoms with Crippen LogP contribution in [0.4, 0.5) is 0 Å². The molecule has 0 aliphatic rings. The Morgan fingerprint density at radius 1 is 0.686 bits per heavy atom. The lowest BCUT2D eigenvalue weighted by atomic mass is 10.1. The van der Waals surface area contributed by atoms with Crippen LogP contribution in [0.2, 0.25) is 0 Å². The number of aliphatic hydroxyl groups excluding tert-OH is 2. The van der Waals surface area contributed by atoms with Gasteiger partial charge in [0.1, 0.15) is 24.3 Å². The molecule has 0 heterocycles. The van der Waals surface area contributed by atoms with E-state index in [9.17, 15) is 29.4 Å². The van der Waals surface area contributed by atoms with Crippen LogP contribution < -0.4 is 10.6 Å². The fraction of sp³-hybridized carbons (Fsp3) is 0.360. The summed E-state index contributed by atoms with van der Waals surface area (Å²) < 4.78 is 10.1. The second-order valence-electron chi connectivity index (χ2n) is 7.90. The third-order valence-electron chi connectivity index (χ3n) is 4.93. The quantitative estimate of drug-likeness (QED) is 0.246. The highest BCUT2D eigenvalue weighted by Crippen LogP contribution is 2.08. The van der Waals surface area contributed by atoms with Crippen LogP contribution in [0.15, 0.2) is 60.7 Å². The van der Waals surface area contributed by atoms with E-state index in [1.54, 1.807) is 60.7 Å². The Kier molecular flexibility index (Phi) is 10.9. The third-order valence-corrected chi connectivity index (χ3v) is 4.93. The Morgan fingerprint density at radius 3 is 1.34 bits per heavy atom. The number of hydrogen-bond acceptors (Lipinski definition) is 8. The predicted molar refractivity (Wildman–Crippen MR) is 125 cm³/mol. The standard InChI is InChI=1S/C25H30N2O8/c1-16(28)22(30)26-20(13-18-9-5-3-6-10-18)24(32)34-15-35-25(33)21(27-23(31)17(2)29)14-19-11-7-4-8-12-19/h3-12,16-17,20-21,28-29H,13-15H2,1-2H3,(H,26,30)(H,27,31). The van der Waals surface area contributed by atoms with Gasteiger partial charge in [0.2, 0.25) is 18.6 Å². The maximum absolute atomic E-state index is 12.6. The summed E-state index contributed by atoms with van der Waals surface area (Å²) in [6, 6.07) is 15.4. The molecule has 0 aromatic heterocycles. The van der Waals surface area contributed by atoms with E-state index in [1.807, 2.05) is 0 Å². The number of esters is 2. The van der Waals surface area contributed by atoms with Crippen molar-refractivity contribution in [2.24, 2.45) is 0 Å². The van der Waals surface area contributed by atoms with Gasteiger partial charge in [0.05, 0.1) is 0 Å². The molecule has 0 saturated carbocycles. The minimum Gasteiger partial charge on any atom is -0.426 e. The van der Waals surface area contributed by atoms with Gasteiger partial charge in [-0.15, -0.1) is 0 Å². The number of hydrogen-bond donors (Lipinski definition) is 4. The molecule has 10 nitrogen and oxygen atoms in total. The van der Waals surface area contributed by atoms with Crippen molar-refractivity contribution in [3.63, 3.8) is 0 Å². The van der Waals surface area contributed by atoms with Crippen molar-refractivity contribution in [2.45, 2.75) is 51.0 Å². The van der Waals surface area contributed by atoms with E-state index >= 15 is 0 Å². The predicted octanol–water partition coefficient (Wildman–Crippen LogP) is 0.247. The summed E-state index contributed by atoms with van der Waals surface area (Å²) >= 11 is 0. The average molecular weight is 487 g/mol. The highest BCUT2D eigenvalue weighted by Gasteiger charge is 2.27. The second kappa shape index (κ2) is 13.8. The highest BCUT2D eigenvalue weighted by molar-refractivity contribution is 5.87. The molecule has 4 atom stereocenters. The summed E-state index contributed by atoms with van der Waals surface area (Å²) in [5.41, 5.74) is 1.47. The molecular weight excluding hydrogens is 456 g/mol. The number of ether oxygens (including phenoxy) is 2. The first-order valence-corrected chi connectivity index (χ1v) is 11.1. The van der Waals surface area contributed by atoms with Gasteiger partial charge in [-0.1, -0.05) is 60.7 Å². The largest absolute Gasteiger partial charge is 0.426 e. The molecule has 0 fully saturated rings. The molecule has 10 heteroatoms. The number of nitrogens with one attached hydrogen (secondary N) is 2. The maximum atomic E-state index is 12.6. The molecule has 0 bridgehead atoms. The van der Waals surface area contributed by atoms with Gasteiger partial charge in [0, 0.05) is 12.8 Å². The van der Waals surface area contributed by atoms with Gasteiger partial charge >= 0.3 is 11.9 Å². The maximum Gasteiger partial charge on any atom is 0.331 e. The summed E-state index contributed by atoms with van der Waals surface area (Å²) in [4.78, 5) is 49.1. The molecule has 4 unspecified atom stereocenters. The van der Waals surface area contributed by atoms with Crippen LogP contribution in [0.1, 0.15) is 25.0 Å². The van der Waals surface area contributed by atoms with E-state index in [0.717, 1.165) is 11.1 Å². The van der Waals surface area contributed by atoms with Crippen LogP contribution in [0.5, 0.6) is 0 Å². The molecule has 2 amide bonds. The van der Waals surface area contributed by atoms with Gasteiger partial charge in [0.25, 0.3) is 0 Å². The number of benzene rings is 2. The van der Waals surface area contributed by atoms with Crippen molar-refractivity contribution >= 4 is 23.8 Å². The number of aliphatic hydroxyl groups is 2. The van der Waals surface area contributed by atoms with Crippen LogP contribution >= 0.6 is 0 Å². The molecule has 188 valence electrons. The summed E-state index contributed by atoms with van der Waals surface area (Å²) in [5.74, 6) is -3.26. The van der Waals surface area contributed by atoms with Crippen LogP contribution in [-0.4, -0.2) is 65.1 Å². The zero-order valence-electron chi connectivity index (χ0n) is 19.5. The van der Waals surface area contributed by atoms with Crippen molar-refractivity contribution < 1.29 is 38.9 Å². The molecule has 0 saturated heterocycles. The fourth-order valence-corrected chi connectivity index (χ4v) is 3.02. The Hall–Kier alpha value is -3.76. The minimum absolute atomic E-state index is 0.0904. The van der Waals surface area contributed by atoms with Crippen LogP contribution in [0.3, 0.4) is 0 Å². The van der Waals surface area contributed by atoms with Crippen molar-refractivity contribution in [3.8, 4) is 0 Å². The van der Waals surface area contributed by atoms with E-state index in [0.29, 0.717) is 0 Å². The van der Waals surface area contributed by atoms with Crippen molar-refractivity contribution in [1.82, 2.24) is 10.6 Å². The molecule has 0 radical (unpaired) electrons. The molecule has 0 aliphatic heterocycles. The number of amides is 2. The third kappa shape index (κ3) is 9.55. The van der Waals surface area contributed by atoms with Gasteiger partial charge in [-0.05, 0) is 25.0 Å². The smallest absolute Gasteiger partial charge is 0.331 e. The van der Waals surface area contributed by atoms with E-state index in [1.165, 1.54) is 13.8 Å². The van der Waals surface area contributed by atoms with Crippen LogP contribution in [-0.2, 0) is 41.5 Å². The topological polar surface area (TPSA) is 151 Å². The molecule has 0 spiro atoms.